The number of rotatable bonds is 5. The van der Waals surface area contributed by atoms with Crippen LogP contribution in [0.5, 0.6) is 0 Å². The molecule has 0 bridgehead atoms. The predicted molar refractivity (Wildman–Crippen MR) is 118 cm³/mol. The molecule has 0 N–H and O–H groups in total. The molecule has 3 heterocycles. The van der Waals surface area contributed by atoms with E-state index in [9.17, 15) is 14.0 Å². The van der Waals surface area contributed by atoms with Gasteiger partial charge in [-0.3, -0.25) is 4.79 Å². The number of hydrogen-bond donors (Lipinski definition) is 0. The Labute approximate surface area is 185 Å². The van der Waals surface area contributed by atoms with E-state index in [1.807, 2.05) is 6.92 Å². The van der Waals surface area contributed by atoms with Crippen LogP contribution in [-0.4, -0.2) is 30.1 Å². The molecule has 2 unspecified atom stereocenters. The Hall–Kier alpha value is -2.90. The van der Waals surface area contributed by atoms with Crippen molar-refractivity contribution in [3.05, 3.63) is 61.7 Å². The molecular formula is C25H25FN2O4. The first-order valence-electron chi connectivity index (χ1n) is 10.8. The van der Waals surface area contributed by atoms with Gasteiger partial charge in [0.2, 0.25) is 0 Å². The van der Waals surface area contributed by atoms with E-state index in [0.717, 1.165) is 34.9 Å². The molecule has 6 nitrogen and oxygen atoms in total. The smallest absolute Gasteiger partial charge is 0.257 e. The van der Waals surface area contributed by atoms with Gasteiger partial charge >= 0.3 is 0 Å². The monoisotopic (exact) mass is 436 g/mol. The van der Waals surface area contributed by atoms with Crippen molar-refractivity contribution in [3.8, 4) is 11.4 Å². The molecule has 0 fully saturated rings. The lowest BCUT2D eigenvalue weighted by Crippen LogP contribution is -2.27. The number of fused-ring (bicyclic) bond motifs is 4. The van der Waals surface area contributed by atoms with E-state index in [1.54, 1.807) is 10.6 Å². The number of carbonyl (C=O) groups is 1. The van der Waals surface area contributed by atoms with E-state index in [4.69, 9.17) is 14.5 Å². The number of aryl methyl sites for hydroxylation is 1. The Kier molecular flexibility index (Phi) is 4.98. The number of nitrogens with zero attached hydrogens (tertiary/aromatic N) is 2. The van der Waals surface area contributed by atoms with E-state index in [2.05, 4.69) is 6.92 Å². The van der Waals surface area contributed by atoms with Crippen molar-refractivity contribution in [1.82, 2.24) is 9.55 Å². The molecule has 32 heavy (non-hydrogen) atoms. The Bertz CT molecular complexity index is 1340. The average Bonchev–Trinajstić information content (AvgIpc) is 3.14. The van der Waals surface area contributed by atoms with Crippen molar-refractivity contribution in [1.29, 1.82) is 0 Å². The number of carbonyl (C=O) groups excluding carboxylic acids is 1. The van der Waals surface area contributed by atoms with Crippen LogP contribution < -0.4 is 5.56 Å². The van der Waals surface area contributed by atoms with Gasteiger partial charge in [-0.2, -0.15) is 0 Å². The maximum absolute atomic E-state index is 14.7. The maximum atomic E-state index is 14.7. The Morgan fingerprint density at radius 1 is 1.31 bits per heavy atom. The Balaban J connectivity index is 1.85. The zero-order chi connectivity index (χ0) is 22.7. The normalized spacial score (nSPS) is 17.3. The number of aromatic nitrogens is 2. The van der Waals surface area contributed by atoms with Crippen LogP contribution in [0.4, 0.5) is 4.39 Å². The van der Waals surface area contributed by atoms with Gasteiger partial charge in [0.05, 0.1) is 30.1 Å². The molecule has 1 aliphatic carbocycles. The molecule has 1 aromatic carbocycles. The summed E-state index contributed by atoms with van der Waals surface area (Å²) in [7, 11) is 2.94. The molecule has 0 radical (unpaired) electrons. The largest absolute Gasteiger partial charge is 0.380 e. The molecule has 0 saturated carbocycles. The molecule has 0 spiro atoms. The van der Waals surface area contributed by atoms with E-state index in [-0.39, 0.29) is 23.9 Å². The summed E-state index contributed by atoms with van der Waals surface area (Å²) in [6.45, 7) is 4.48. The molecular weight excluding hydrogens is 411 g/mol. The third-order valence-electron chi connectivity index (χ3n) is 7.03. The van der Waals surface area contributed by atoms with Gasteiger partial charge in [-0.1, -0.05) is 6.92 Å². The highest BCUT2D eigenvalue weighted by Gasteiger charge is 2.33. The first kappa shape index (κ1) is 21.0. The Morgan fingerprint density at radius 2 is 2.09 bits per heavy atom. The van der Waals surface area contributed by atoms with Crippen LogP contribution in [0.1, 0.15) is 58.7 Å². The van der Waals surface area contributed by atoms with E-state index in [1.165, 1.54) is 20.3 Å². The van der Waals surface area contributed by atoms with Crippen molar-refractivity contribution in [2.24, 2.45) is 0 Å². The van der Waals surface area contributed by atoms with E-state index in [0.29, 0.717) is 46.4 Å². The van der Waals surface area contributed by atoms with Crippen LogP contribution in [0.15, 0.2) is 16.9 Å². The third kappa shape index (κ3) is 2.81. The first-order valence-corrected chi connectivity index (χ1v) is 10.8. The van der Waals surface area contributed by atoms with Gasteiger partial charge in [0.15, 0.2) is 6.29 Å². The SMILES string of the molecule is COCc1c(C(C=O)OC)cc2n(c1=O)Cc1c-2nc2cc(F)c(C)c3c2c1C(C)CC3. The lowest BCUT2D eigenvalue weighted by atomic mass is 9.79. The standard InChI is InChI=1S/C25H25FN2O4/c1-12-5-6-14-13(2)18(26)8-19-23(14)22(12)16-9-28-20(24(16)27-19)7-15(21(10-29)32-4)17(11-31-3)25(28)30/h7-8,10,12,21H,5-6,9,11H2,1-4H3. The van der Waals surface area contributed by atoms with Crippen LogP contribution in [0.2, 0.25) is 0 Å². The van der Waals surface area contributed by atoms with Crippen molar-refractivity contribution < 1.29 is 18.7 Å². The van der Waals surface area contributed by atoms with Gasteiger partial charge in [-0.15, -0.1) is 0 Å². The fraction of sp³-hybridized carbons (Fsp3) is 0.400. The number of benzene rings is 1. The summed E-state index contributed by atoms with van der Waals surface area (Å²) < 4.78 is 27.0. The van der Waals surface area contributed by atoms with Gasteiger partial charge in [0.1, 0.15) is 11.9 Å². The van der Waals surface area contributed by atoms with Gasteiger partial charge in [-0.05, 0) is 48.4 Å². The molecule has 7 heteroatoms. The summed E-state index contributed by atoms with van der Waals surface area (Å²) in [4.78, 5) is 30.0. The van der Waals surface area contributed by atoms with Crippen LogP contribution >= 0.6 is 0 Å². The number of ether oxygens (including phenoxy) is 2. The van der Waals surface area contributed by atoms with Gasteiger partial charge in [0.25, 0.3) is 5.56 Å². The van der Waals surface area contributed by atoms with Gasteiger partial charge in [0, 0.05) is 42.4 Å². The number of hydrogen-bond acceptors (Lipinski definition) is 5. The zero-order valence-electron chi connectivity index (χ0n) is 18.6. The quantitative estimate of drug-likeness (QED) is 0.443. The molecule has 3 aromatic rings. The molecule has 2 aromatic heterocycles. The minimum absolute atomic E-state index is 0.0751. The summed E-state index contributed by atoms with van der Waals surface area (Å²) in [5.41, 5.74) is 6.45. The fourth-order valence-corrected chi connectivity index (χ4v) is 5.39. The number of methoxy groups -OCH3 is 2. The summed E-state index contributed by atoms with van der Waals surface area (Å²) in [6.07, 6.45) is 1.53. The first-order chi connectivity index (χ1) is 15.4. The lowest BCUT2D eigenvalue weighted by Gasteiger charge is -2.26. The lowest BCUT2D eigenvalue weighted by molar-refractivity contribution is -0.116. The third-order valence-corrected chi connectivity index (χ3v) is 7.03. The van der Waals surface area contributed by atoms with E-state index >= 15 is 0 Å². The molecule has 166 valence electrons. The average molecular weight is 436 g/mol. The van der Waals surface area contributed by atoms with Gasteiger partial charge in [-0.25, -0.2) is 9.37 Å². The van der Waals surface area contributed by atoms with Gasteiger partial charge < -0.3 is 18.8 Å². The highest BCUT2D eigenvalue weighted by atomic mass is 19.1. The highest BCUT2D eigenvalue weighted by Crippen LogP contribution is 2.45. The number of pyridine rings is 2. The molecule has 5 rings (SSSR count). The van der Waals surface area contributed by atoms with Crippen molar-refractivity contribution in [2.45, 2.75) is 51.9 Å². The molecule has 1 aliphatic heterocycles. The summed E-state index contributed by atoms with van der Waals surface area (Å²) in [5.74, 6) is 0.0172. The second-order valence-electron chi connectivity index (χ2n) is 8.73. The minimum Gasteiger partial charge on any atom is -0.380 e. The molecule has 0 saturated heterocycles. The fourth-order valence-electron chi connectivity index (χ4n) is 5.39. The van der Waals surface area contributed by atoms with Crippen molar-refractivity contribution in [2.75, 3.05) is 14.2 Å². The highest BCUT2D eigenvalue weighted by molar-refractivity contribution is 5.93. The molecule has 2 aliphatic rings. The van der Waals surface area contributed by atoms with Crippen LogP contribution in [0.25, 0.3) is 22.3 Å². The molecule has 0 amide bonds. The number of aldehydes is 1. The number of halogens is 1. The van der Waals surface area contributed by atoms with Crippen LogP contribution in [-0.2, 0) is 33.8 Å². The predicted octanol–water partition coefficient (Wildman–Crippen LogP) is 3.96. The summed E-state index contributed by atoms with van der Waals surface area (Å²) >= 11 is 0. The zero-order valence-corrected chi connectivity index (χ0v) is 18.6. The maximum Gasteiger partial charge on any atom is 0.257 e. The van der Waals surface area contributed by atoms with Crippen molar-refractivity contribution in [3.63, 3.8) is 0 Å². The van der Waals surface area contributed by atoms with Crippen molar-refractivity contribution >= 4 is 17.2 Å². The minimum atomic E-state index is -0.882. The van der Waals surface area contributed by atoms with Crippen LogP contribution in [0, 0.1) is 12.7 Å². The second-order valence-corrected chi connectivity index (χ2v) is 8.73. The van der Waals surface area contributed by atoms with Crippen LogP contribution in [0.3, 0.4) is 0 Å². The topological polar surface area (TPSA) is 70.4 Å². The second kappa shape index (κ2) is 7.60. The Morgan fingerprint density at radius 3 is 2.78 bits per heavy atom. The summed E-state index contributed by atoms with van der Waals surface area (Å²) in [6, 6.07) is 3.30. The molecule has 2 atom stereocenters. The summed E-state index contributed by atoms with van der Waals surface area (Å²) in [5, 5.41) is 1.03. The van der Waals surface area contributed by atoms with E-state index < -0.39 is 6.10 Å².